The molecule has 0 aliphatic rings. The van der Waals surface area contributed by atoms with Crippen LogP contribution >= 0.6 is 23.1 Å². The van der Waals surface area contributed by atoms with Gasteiger partial charge in [-0.1, -0.05) is 38.3 Å². The molecule has 2 aromatic heterocycles. The molecule has 0 aliphatic carbocycles. The van der Waals surface area contributed by atoms with Crippen LogP contribution in [0.25, 0.3) is 21.3 Å². The lowest BCUT2D eigenvalue weighted by atomic mass is 10.1. The first-order valence-electron chi connectivity index (χ1n) is 8.33. The first-order chi connectivity index (χ1) is 11.8. The van der Waals surface area contributed by atoms with Crippen molar-refractivity contribution in [2.45, 2.75) is 37.6 Å². The largest absolute Gasteiger partial charge is 0.497 e. The maximum atomic E-state index is 5.26. The highest BCUT2D eigenvalue weighted by Crippen LogP contribution is 2.38. The Hall–Kier alpha value is -1.59. The van der Waals surface area contributed by atoms with Gasteiger partial charge in [-0.15, -0.1) is 23.1 Å². The number of ether oxygens (including phenoxy) is 1. The number of rotatable bonds is 8. The van der Waals surface area contributed by atoms with Crippen molar-refractivity contribution >= 4 is 33.3 Å². The van der Waals surface area contributed by atoms with Gasteiger partial charge < -0.3 is 4.74 Å². The minimum absolute atomic E-state index is 0.875. The number of benzene rings is 1. The molecule has 2 heterocycles. The van der Waals surface area contributed by atoms with Gasteiger partial charge in [-0.05, 0) is 29.9 Å². The quantitative estimate of drug-likeness (QED) is 0.279. The van der Waals surface area contributed by atoms with E-state index >= 15 is 0 Å². The number of hydrogen-bond acceptors (Lipinski definition) is 5. The minimum Gasteiger partial charge on any atom is -0.497 e. The Morgan fingerprint density at radius 2 is 1.92 bits per heavy atom. The van der Waals surface area contributed by atoms with Gasteiger partial charge in [-0.2, -0.15) is 0 Å². The molecular weight excluding hydrogens is 336 g/mol. The molecule has 3 aromatic rings. The van der Waals surface area contributed by atoms with E-state index in [1.165, 1.54) is 42.2 Å². The lowest BCUT2D eigenvalue weighted by Crippen LogP contribution is -1.88. The molecule has 3 rings (SSSR count). The zero-order valence-corrected chi connectivity index (χ0v) is 15.8. The molecule has 0 unspecified atom stereocenters. The molecule has 1 aromatic carbocycles. The molecule has 0 amide bonds. The van der Waals surface area contributed by atoms with E-state index in [9.17, 15) is 0 Å². The lowest BCUT2D eigenvalue weighted by Gasteiger charge is -2.06. The molecule has 0 saturated carbocycles. The molecular formula is C19H22N2OS2. The first-order valence-corrected chi connectivity index (χ1v) is 10.2. The van der Waals surface area contributed by atoms with Crippen LogP contribution in [-0.2, 0) is 0 Å². The summed E-state index contributed by atoms with van der Waals surface area (Å²) in [6.07, 6.45) is 6.81. The Labute approximate surface area is 151 Å². The smallest absolute Gasteiger partial charge is 0.128 e. The average Bonchev–Trinajstić information content (AvgIpc) is 3.06. The summed E-state index contributed by atoms with van der Waals surface area (Å²) in [6.45, 7) is 2.24. The first kappa shape index (κ1) is 17.2. The summed E-state index contributed by atoms with van der Waals surface area (Å²) in [7, 11) is 1.69. The van der Waals surface area contributed by atoms with Crippen LogP contribution in [0.4, 0.5) is 0 Å². The number of thioether (sulfide) groups is 1. The predicted molar refractivity (Wildman–Crippen MR) is 104 cm³/mol. The molecule has 0 saturated heterocycles. The highest BCUT2D eigenvalue weighted by atomic mass is 32.2. The standard InChI is InChI=1S/C19H22N2OS2/c1-3-4-5-6-11-23-18-17-16(12-24-19(17)21-13-20-18)14-7-9-15(22-2)10-8-14/h7-10,12-13H,3-6,11H2,1-2H3. The maximum Gasteiger partial charge on any atom is 0.128 e. The molecule has 5 heteroatoms. The average molecular weight is 359 g/mol. The number of methoxy groups -OCH3 is 1. The Morgan fingerprint density at radius 3 is 2.67 bits per heavy atom. The topological polar surface area (TPSA) is 35.0 Å². The number of aromatic nitrogens is 2. The third kappa shape index (κ3) is 3.90. The molecule has 0 aliphatic heterocycles. The van der Waals surface area contributed by atoms with Crippen molar-refractivity contribution in [3.63, 3.8) is 0 Å². The van der Waals surface area contributed by atoms with Crippen LogP contribution < -0.4 is 4.74 Å². The predicted octanol–water partition coefficient (Wildman–Crippen LogP) is 6.04. The molecule has 0 radical (unpaired) electrons. The van der Waals surface area contributed by atoms with Gasteiger partial charge in [0.05, 0.1) is 12.5 Å². The van der Waals surface area contributed by atoms with Crippen molar-refractivity contribution in [1.29, 1.82) is 0 Å². The van der Waals surface area contributed by atoms with E-state index in [-0.39, 0.29) is 0 Å². The molecule has 0 spiro atoms. The third-order valence-electron chi connectivity index (χ3n) is 3.97. The molecule has 0 fully saturated rings. The number of unbranched alkanes of at least 4 members (excludes halogenated alkanes) is 3. The van der Waals surface area contributed by atoms with Crippen molar-refractivity contribution in [2.24, 2.45) is 0 Å². The van der Waals surface area contributed by atoms with E-state index in [4.69, 9.17) is 4.74 Å². The summed E-state index contributed by atoms with van der Waals surface area (Å²) in [6, 6.07) is 8.20. The van der Waals surface area contributed by atoms with Crippen molar-refractivity contribution < 1.29 is 4.74 Å². The second kappa shape index (κ2) is 8.49. The fourth-order valence-corrected chi connectivity index (χ4v) is 4.63. The van der Waals surface area contributed by atoms with Crippen LogP contribution in [0.3, 0.4) is 0 Å². The van der Waals surface area contributed by atoms with Crippen LogP contribution in [0.1, 0.15) is 32.6 Å². The fraction of sp³-hybridized carbons (Fsp3) is 0.368. The summed E-state index contributed by atoms with van der Waals surface area (Å²) >= 11 is 3.54. The van der Waals surface area contributed by atoms with Crippen LogP contribution in [0, 0.1) is 0 Å². The van der Waals surface area contributed by atoms with Gasteiger partial charge in [0.1, 0.15) is 21.9 Å². The lowest BCUT2D eigenvalue weighted by molar-refractivity contribution is 0.415. The van der Waals surface area contributed by atoms with E-state index in [2.05, 4.69) is 34.4 Å². The highest BCUT2D eigenvalue weighted by Gasteiger charge is 2.13. The van der Waals surface area contributed by atoms with Crippen LogP contribution in [0.15, 0.2) is 41.0 Å². The van der Waals surface area contributed by atoms with E-state index < -0.39 is 0 Å². The van der Waals surface area contributed by atoms with Crippen molar-refractivity contribution in [3.8, 4) is 16.9 Å². The van der Waals surface area contributed by atoms with E-state index in [1.807, 2.05) is 23.9 Å². The molecule has 0 bridgehead atoms. The molecule has 126 valence electrons. The normalized spacial score (nSPS) is 11.1. The number of thiophene rings is 1. The van der Waals surface area contributed by atoms with Crippen molar-refractivity contribution in [1.82, 2.24) is 9.97 Å². The molecule has 0 atom stereocenters. The number of fused-ring (bicyclic) bond motifs is 1. The second-order valence-corrected chi connectivity index (χ2v) is 7.59. The Morgan fingerprint density at radius 1 is 1.08 bits per heavy atom. The monoisotopic (exact) mass is 358 g/mol. The van der Waals surface area contributed by atoms with Crippen molar-refractivity contribution in [2.75, 3.05) is 12.9 Å². The van der Waals surface area contributed by atoms with Crippen molar-refractivity contribution in [3.05, 3.63) is 36.0 Å². The van der Waals surface area contributed by atoms with Gasteiger partial charge in [0.25, 0.3) is 0 Å². The van der Waals surface area contributed by atoms with E-state index in [0.717, 1.165) is 21.4 Å². The van der Waals surface area contributed by atoms with Crippen LogP contribution in [0.2, 0.25) is 0 Å². The van der Waals surface area contributed by atoms with Gasteiger partial charge >= 0.3 is 0 Å². The van der Waals surface area contributed by atoms with Crippen LogP contribution in [0.5, 0.6) is 5.75 Å². The molecule has 3 nitrogen and oxygen atoms in total. The maximum absolute atomic E-state index is 5.26. The summed E-state index contributed by atoms with van der Waals surface area (Å²) in [4.78, 5) is 10.1. The van der Waals surface area contributed by atoms with E-state index in [0.29, 0.717) is 0 Å². The van der Waals surface area contributed by atoms with E-state index in [1.54, 1.807) is 24.8 Å². The Bertz CT molecular complexity index is 784. The Balaban J connectivity index is 1.86. The number of nitrogens with zero attached hydrogens (tertiary/aromatic N) is 2. The van der Waals surface area contributed by atoms with Gasteiger partial charge in [-0.3, -0.25) is 0 Å². The summed E-state index contributed by atoms with van der Waals surface area (Å²) in [5.74, 6) is 1.99. The fourth-order valence-electron chi connectivity index (χ4n) is 2.64. The summed E-state index contributed by atoms with van der Waals surface area (Å²) < 4.78 is 5.26. The Kier molecular flexibility index (Phi) is 6.10. The molecule has 0 N–H and O–H groups in total. The minimum atomic E-state index is 0.875. The van der Waals surface area contributed by atoms with Gasteiger partial charge in [0.15, 0.2) is 0 Å². The molecule has 24 heavy (non-hydrogen) atoms. The third-order valence-corrected chi connectivity index (χ3v) is 5.94. The van der Waals surface area contributed by atoms with Gasteiger partial charge in [0.2, 0.25) is 0 Å². The van der Waals surface area contributed by atoms with Gasteiger partial charge in [0, 0.05) is 10.9 Å². The van der Waals surface area contributed by atoms with Crippen LogP contribution in [-0.4, -0.2) is 22.8 Å². The summed E-state index contributed by atoms with van der Waals surface area (Å²) in [5, 5.41) is 4.47. The zero-order valence-electron chi connectivity index (χ0n) is 14.1. The number of hydrogen-bond donors (Lipinski definition) is 0. The second-order valence-electron chi connectivity index (χ2n) is 5.65. The zero-order chi connectivity index (χ0) is 16.8. The SMILES string of the molecule is CCCCCCSc1ncnc2scc(-c3ccc(OC)cc3)c12. The van der Waals surface area contributed by atoms with Gasteiger partial charge in [-0.25, -0.2) is 9.97 Å². The summed E-state index contributed by atoms with van der Waals surface area (Å²) in [5.41, 5.74) is 2.40. The highest BCUT2D eigenvalue weighted by molar-refractivity contribution is 7.99.